The minimum atomic E-state index is 0.0993. The zero-order chi connectivity index (χ0) is 14.5. The Hall–Kier alpha value is -1.36. The molecular formula is C15H26N4O. The second-order valence-corrected chi connectivity index (χ2v) is 5.71. The Morgan fingerprint density at radius 3 is 3.00 bits per heavy atom. The van der Waals surface area contributed by atoms with E-state index in [1.54, 1.807) is 6.20 Å². The fraction of sp³-hybridized carbons (Fsp3) is 0.733. The lowest BCUT2D eigenvalue weighted by Crippen LogP contribution is -2.36. The lowest BCUT2D eigenvalue weighted by Gasteiger charge is -2.32. The largest absolute Gasteiger partial charge is 0.311 e. The van der Waals surface area contributed by atoms with Gasteiger partial charge in [-0.25, -0.2) is 4.68 Å². The van der Waals surface area contributed by atoms with Crippen molar-refractivity contribution in [3.63, 3.8) is 0 Å². The zero-order valence-electron chi connectivity index (χ0n) is 12.9. The molecule has 1 fully saturated rings. The van der Waals surface area contributed by atoms with E-state index in [0.717, 1.165) is 30.9 Å². The third-order valence-corrected chi connectivity index (χ3v) is 4.21. The van der Waals surface area contributed by atoms with Crippen molar-refractivity contribution >= 4 is 11.7 Å². The first-order valence-corrected chi connectivity index (χ1v) is 7.64. The molecule has 1 aromatic heterocycles. The number of hydrogen-bond donors (Lipinski definition) is 1. The number of nitrogens with zero attached hydrogens (tertiary/aromatic N) is 3. The maximum absolute atomic E-state index is 12.1. The van der Waals surface area contributed by atoms with E-state index in [0.29, 0.717) is 12.5 Å². The van der Waals surface area contributed by atoms with E-state index in [1.165, 1.54) is 19.3 Å². The van der Waals surface area contributed by atoms with Gasteiger partial charge in [-0.2, -0.15) is 5.10 Å². The highest BCUT2D eigenvalue weighted by molar-refractivity contribution is 5.90. The number of rotatable bonds is 5. The lowest BCUT2D eigenvalue weighted by atomic mass is 9.98. The molecule has 0 aromatic carbocycles. The maximum atomic E-state index is 12.1. The van der Waals surface area contributed by atoms with Gasteiger partial charge < -0.3 is 10.2 Å². The molecule has 2 heterocycles. The molecule has 1 amide bonds. The summed E-state index contributed by atoms with van der Waals surface area (Å²) in [7, 11) is 2.16. The number of carbonyl (C=O) groups excluding carboxylic acids is 1. The summed E-state index contributed by atoms with van der Waals surface area (Å²) in [4.78, 5) is 14.5. The van der Waals surface area contributed by atoms with Gasteiger partial charge in [0.15, 0.2) is 0 Å². The molecule has 5 heteroatoms. The topological polar surface area (TPSA) is 50.2 Å². The molecule has 2 rings (SSSR count). The van der Waals surface area contributed by atoms with Gasteiger partial charge in [0.05, 0.1) is 6.20 Å². The van der Waals surface area contributed by atoms with E-state index in [9.17, 15) is 4.79 Å². The Bertz CT molecular complexity index is 455. The minimum absolute atomic E-state index is 0.0993. The molecule has 0 bridgehead atoms. The first-order chi connectivity index (χ1) is 9.61. The van der Waals surface area contributed by atoms with E-state index in [2.05, 4.69) is 22.4 Å². The fourth-order valence-corrected chi connectivity index (χ4v) is 2.88. The number of aryl methyl sites for hydroxylation is 2. The van der Waals surface area contributed by atoms with Crippen LogP contribution in [0, 0.1) is 6.92 Å². The molecule has 1 saturated heterocycles. The van der Waals surface area contributed by atoms with Crippen molar-refractivity contribution in [2.24, 2.45) is 0 Å². The molecule has 1 N–H and O–H groups in total. The molecule has 20 heavy (non-hydrogen) atoms. The van der Waals surface area contributed by atoms with Crippen molar-refractivity contribution in [2.75, 3.05) is 18.9 Å². The predicted molar refractivity (Wildman–Crippen MR) is 80.8 cm³/mol. The standard InChI is InChI=1S/C15H26N4O/c1-4-19-15(12(2)11-16-19)17-14(20)9-8-13-7-5-6-10-18(13)3/h11,13H,4-10H2,1-3H3,(H,17,20). The van der Waals surface area contributed by atoms with Gasteiger partial charge in [0, 0.05) is 24.6 Å². The number of amides is 1. The van der Waals surface area contributed by atoms with E-state index >= 15 is 0 Å². The van der Waals surface area contributed by atoms with Crippen molar-refractivity contribution in [3.8, 4) is 0 Å². The molecule has 1 aliphatic heterocycles. The smallest absolute Gasteiger partial charge is 0.225 e. The Kier molecular flexibility index (Phi) is 5.17. The van der Waals surface area contributed by atoms with Gasteiger partial charge in [0.1, 0.15) is 5.82 Å². The van der Waals surface area contributed by atoms with Crippen molar-refractivity contribution in [1.82, 2.24) is 14.7 Å². The number of carbonyl (C=O) groups is 1. The van der Waals surface area contributed by atoms with Crippen molar-refractivity contribution < 1.29 is 4.79 Å². The third kappa shape index (κ3) is 3.60. The van der Waals surface area contributed by atoms with Crippen LogP contribution in [0.1, 0.15) is 44.6 Å². The summed E-state index contributed by atoms with van der Waals surface area (Å²) in [5.74, 6) is 0.941. The zero-order valence-corrected chi connectivity index (χ0v) is 12.9. The van der Waals surface area contributed by atoms with Crippen LogP contribution in [-0.2, 0) is 11.3 Å². The summed E-state index contributed by atoms with van der Waals surface area (Å²) < 4.78 is 1.83. The summed E-state index contributed by atoms with van der Waals surface area (Å²) in [6, 6.07) is 0.562. The van der Waals surface area contributed by atoms with E-state index in [-0.39, 0.29) is 5.91 Å². The Balaban J connectivity index is 1.84. The van der Waals surface area contributed by atoms with Gasteiger partial charge in [0.25, 0.3) is 0 Å². The van der Waals surface area contributed by atoms with Crippen molar-refractivity contribution in [1.29, 1.82) is 0 Å². The van der Waals surface area contributed by atoms with Crippen LogP contribution in [-0.4, -0.2) is 40.2 Å². The summed E-state index contributed by atoms with van der Waals surface area (Å²) >= 11 is 0. The number of piperidine rings is 1. The first kappa shape index (κ1) is 15.0. The molecule has 0 saturated carbocycles. The van der Waals surface area contributed by atoms with Crippen LogP contribution in [0.3, 0.4) is 0 Å². The molecule has 1 unspecified atom stereocenters. The number of anilines is 1. The molecule has 1 aliphatic rings. The summed E-state index contributed by atoms with van der Waals surface area (Å²) in [5.41, 5.74) is 1.02. The molecule has 0 radical (unpaired) electrons. The van der Waals surface area contributed by atoms with Crippen LogP contribution < -0.4 is 5.32 Å². The van der Waals surface area contributed by atoms with Crippen molar-refractivity contribution in [3.05, 3.63) is 11.8 Å². The van der Waals surface area contributed by atoms with E-state index < -0.39 is 0 Å². The van der Waals surface area contributed by atoms with E-state index in [4.69, 9.17) is 0 Å². The number of likely N-dealkylation sites (tertiary alicyclic amines) is 1. The van der Waals surface area contributed by atoms with Crippen LogP contribution in [0.4, 0.5) is 5.82 Å². The average Bonchev–Trinajstić information content (AvgIpc) is 2.79. The molecule has 1 aromatic rings. The van der Waals surface area contributed by atoms with Gasteiger partial charge in [-0.3, -0.25) is 4.79 Å². The second kappa shape index (κ2) is 6.88. The summed E-state index contributed by atoms with van der Waals surface area (Å²) in [5, 5.41) is 7.25. The van der Waals surface area contributed by atoms with Crippen LogP contribution in [0.2, 0.25) is 0 Å². The highest BCUT2D eigenvalue weighted by Crippen LogP contribution is 2.20. The van der Waals surface area contributed by atoms with Gasteiger partial charge >= 0.3 is 0 Å². The van der Waals surface area contributed by atoms with Crippen LogP contribution in [0.25, 0.3) is 0 Å². The van der Waals surface area contributed by atoms with Crippen molar-refractivity contribution in [2.45, 2.75) is 58.5 Å². The van der Waals surface area contributed by atoms with Gasteiger partial charge in [0.2, 0.25) is 5.91 Å². The van der Waals surface area contributed by atoms with Gasteiger partial charge in [-0.15, -0.1) is 0 Å². The van der Waals surface area contributed by atoms with Gasteiger partial charge in [-0.05, 0) is 46.7 Å². The Morgan fingerprint density at radius 2 is 2.30 bits per heavy atom. The SMILES string of the molecule is CCn1ncc(C)c1NC(=O)CCC1CCCCN1C. The number of aromatic nitrogens is 2. The van der Waals surface area contributed by atoms with Crippen LogP contribution in [0.15, 0.2) is 6.20 Å². The molecular weight excluding hydrogens is 252 g/mol. The molecule has 0 aliphatic carbocycles. The quantitative estimate of drug-likeness (QED) is 0.900. The highest BCUT2D eigenvalue weighted by Gasteiger charge is 2.20. The van der Waals surface area contributed by atoms with Crippen LogP contribution >= 0.6 is 0 Å². The molecule has 5 nitrogen and oxygen atoms in total. The lowest BCUT2D eigenvalue weighted by molar-refractivity contribution is -0.116. The monoisotopic (exact) mass is 278 g/mol. The average molecular weight is 278 g/mol. The van der Waals surface area contributed by atoms with Gasteiger partial charge in [-0.1, -0.05) is 6.42 Å². The normalized spacial score (nSPS) is 20.1. The number of hydrogen-bond acceptors (Lipinski definition) is 3. The minimum Gasteiger partial charge on any atom is -0.311 e. The summed E-state index contributed by atoms with van der Waals surface area (Å²) in [6.45, 7) is 5.94. The highest BCUT2D eigenvalue weighted by atomic mass is 16.1. The van der Waals surface area contributed by atoms with Crippen LogP contribution in [0.5, 0.6) is 0 Å². The second-order valence-electron chi connectivity index (χ2n) is 5.71. The third-order valence-electron chi connectivity index (χ3n) is 4.21. The summed E-state index contributed by atoms with van der Waals surface area (Å²) in [6.07, 6.45) is 7.13. The Labute approximate surface area is 121 Å². The van der Waals surface area contributed by atoms with E-state index in [1.807, 2.05) is 18.5 Å². The first-order valence-electron chi connectivity index (χ1n) is 7.64. The fourth-order valence-electron chi connectivity index (χ4n) is 2.88. The Morgan fingerprint density at radius 1 is 1.50 bits per heavy atom. The molecule has 112 valence electrons. The predicted octanol–water partition coefficient (Wildman–Crippen LogP) is 2.41. The number of nitrogens with one attached hydrogen (secondary N) is 1. The molecule has 1 atom stereocenters. The molecule has 0 spiro atoms. The maximum Gasteiger partial charge on any atom is 0.225 e.